The standard InChI is InChI=1S/C14H20N2O3S/c1-18-10-6-7-11(12(9-10)19-2)14(17)16-8-4-3-5-13(15)20/h6-7,9H,3-5,8H2,1-2H3,(H2,15,20)(H,16,17). The fourth-order valence-electron chi connectivity index (χ4n) is 1.71. The summed E-state index contributed by atoms with van der Waals surface area (Å²) >= 11 is 4.79. The largest absolute Gasteiger partial charge is 0.497 e. The van der Waals surface area contributed by atoms with Gasteiger partial charge in [0.2, 0.25) is 0 Å². The second kappa shape index (κ2) is 8.37. The van der Waals surface area contributed by atoms with Gasteiger partial charge in [-0.3, -0.25) is 4.79 Å². The number of methoxy groups -OCH3 is 2. The molecule has 3 N–H and O–H groups in total. The SMILES string of the molecule is COc1ccc(C(=O)NCCCCC(N)=S)c(OC)c1. The Morgan fingerprint density at radius 2 is 2.05 bits per heavy atom. The molecule has 6 heteroatoms. The average molecular weight is 296 g/mol. The van der Waals surface area contributed by atoms with Crippen LogP contribution >= 0.6 is 12.2 Å². The summed E-state index contributed by atoms with van der Waals surface area (Å²) in [4.78, 5) is 12.5. The molecule has 0 aromatic heterocycles. The molecule has 0 radical (unpaired) electrons. The van der Waals surface area contributed by atoms with Crippen LogP contribution in [0, 0.1) is 0 Å². The Kier molecular flexibility index (Phi) is 6.79. The number of carbonyl (C=O) groups is 1. The lowest BCUT2D eigenvalue weighted by atomic mass is 10.1. The number of ether oxygens (including phenoxy) is 2. The first-order valence-electron chi connectivity index (χ1n) is 6.37. The van der Waals surface area contributed by atoms with Gasteiger partial charge in [0.1, 0.15) is 11.5 Å². The summed E-state index contributed by atoms with van der Waals surface area (Å²) in [6, 6.07) is 5.09. The normalized spacial score (nSPS) is 9.90. The van der Waals surface area contributed by atoms with Gasteiger partial charge < -0.3 is 20.5 Å². The molecule has 1 aromatic carbocycles. The average Bonchev–Trinajstić information content (AvgIpc) is 2.45. The Labute approximate surface area is 124 Å². The molecule has 110 valence electrons. The molecule has 0 aliphatic rings. The number of nitrogens with two attached hydrogens (primary N) is 1. The van der Waals surface area contributed by atoms with E-state index in [0.29, 0.717) is 35.0 Å². The third-order valence-corrected chi connectivity index (χ3v) is 2.99. The third-order valence-electron chi connectivity index (χ3n) is 2.79. The van der Waals surface area contributed by atoms with E-state index in [9.17, 15) is 4.79 Å². The zero-order chi connectivity index (χ0) is 15.0. The van der Waals surface area contributed by atoms with Crippen LogP contribution in [0.5, 0.6) is 11.5 Å². The molecule has 5 nitrogen and oxygen atoms in total. The van der Waals surface area contributed by atoms with Gasteiger partial charge >= 0.3 is 0 Å². The van der Waals surface area contributed by atoms with Crippen molar-refractivity contribution >= 4 is 23.1 Å². The number of amides is 1. The Bertz CT molecular complexity index is 477. The molecule has 0 aliphatic carbocycles. The maximum Gasteiger partial charge on any atom is 0.255 e. The van der Waals surface area contributed by atoms with Gasteiger partial charge in [-0.2, -0.15) is 0 Å². The maximum absolute atomic E-state index is 12.0. The number of nitrogens with one attached hydrogen (secondary N) is 1. The van der Waals surface area contributed by atoms with E-state index in [-0.39, 0.29) is 5.91 Å². The van der Waals surface area contributed by atoms with E-state index in [4.69, 9.17) is 27.4 Å². The topological polar surface area (TPSA) is 73.6 Å². The molecule has 0 saturated heterocycles. The van der Waals surface area contributed by atoms with Crippen LogP contribution in [0.25, 0.3) is 0 Å². The van der Waals surface area contributed by atoms with Crippen LogP contribution in [0.15, 0.2) is 18.2 Å². The van der Waals surface area contributed by atoms with Crippen molar-refractivity contribution in [3.8, 4) is 11.5 Å². The van der Waals surface area contributed by atoms with Gasteiger partial charge in [0.05, 0.1) is 24.8 Å². The van der Waals surface area contributed by atoms with E-state index >= 15 is 0 Å². The number of benzene rings is 1. The number of hydrogen-bond donors (Lipinski definition) is 2. The second-order valence-electron chi connectivity index (χ2n) is 4.25. The molecule has 0 fully saturated rings. The molecular formula is C14H20N2O3S. The number of carbonyl (C=O) groups excluding carboxylic acids is 1. The molecule has 0 bridgehead atoms. The molecule has 0 unspecified atom stereocenters. The number of hydrogen-bond acceptors (Lipinski definition) is 4. The first-order chi connectivity index (χ1) is 9.58. The Hall–Kier alpha value is -1.82. The summed E-state index contributed by atoms with van der Waals surface area (Å²) in [7, 11) is 3.09. The zero-order valence-corrected chi connectivity index (χ0v) is 12.6. The molecule has 0 saturated carbocycles. The van der Waals surface area contributed by atoms with Crippen LogP contribution in [0.3, 0.4) is 0 Å². The van der Waals surface area contributed by atoms with Gasteiger partial charge in [0.15, 0.2) is 0 Å². The van der Waals surface area contributed by atoms with E-state index < -0.39 is 0 Å². The summed E-state index contributed by atoms with van der Waals surface area (Å²) in [6.07, 6.45) is 2.41. The molecule has 0 heterocycles. The van der Waals surface area contributed by atoms with Crippen LogP contribution in [0.4, 0.5) is 0 Å². The molecule has 0 aliphatic heterocycles. The molecule has 1 amide bonds. The van der Waals surface area contributed by atoms with E-state index in [1.165, 1.54) is 7.11 Å². The van der Waals surface area contributed by atoms with Crippen molar-refractivity contribution in [1.82, 2.24) is 5.32 Å². The Morgan fingerprint density at radius 1 is 1.30 bits per heavy atom. The minimum absolute atomic E-state index is 0.167. The molecule has 1 rings (SSSR count). The molecule has 20 heavy (non-hydrogen) atoms. The summed E-state index contributed by atoms with van der Waals surface area (Å²) in [5, 5.41) is 2.84. The smallest absolute Gasteiger partial charge is 0.255 e. The van der Waals surface area contributed by atoms with Crippen molar-refractivity contribution in [2.24, 2.45) is 5.73 Å². The highest BCUT2D eigenvalue weighted by molar-refractivity contribution is 7.80. The van der Waals surface area contributed by atoms with E-state index in [1.54, 1.807) is 25.3 Å². The monoisotopic (exact) mass is 296 g/mol. The van der Waals surface area contributed by atoms with Crippen LogP contribution in [-0.2, 0) is 0 Å². The van der Waals surface area contributed by atoms with Crippen molar-refractivity contribution in [3.63, 3.8) is 0 Å². The quantitative estimate of drug-likeness (QED) is 0.566. The first kappa shape index (κ1) is 16.2. The van der Waals surface area contributed by atoms with Crippen molar-refractivity contribution in [1.29, 1.82) is 0 Å². The van der Waals surface area contributed by atoms with Crippen LogP contribution in [-0.4, -0.2) is 31.7 Å². The van der Waals surface area contributed by atoms with Crippen molar-refractivity contribution in [3.05, 3.63) is 23.8 Å². The maximum atomic E-state index is 12.0. The van der Waals surface area contributed by atoms with Crippen molar-refractivity contribution in [2.75, 3.05) is 20.8 Å². The minimum atomic E-state index is -0.167. The molecule has 1 aromatic rings. The fourth-order valence-corrected chi connectivity index (χ4v) is 1.85. The third kappa shape index (κ3) is 5.05. The van der Waals surface area contributed by atoms with Gasteiger partial charge in [-0.05, 0) is 31.4 Å². The lowest BCUT2D eigenvalue weighted by Crippen LogP contribution is -2.25. The minimum Gasteiger partial charge on any atom is -0.497 e. The molecular weight excluding hydrogens is 276 g/mol. The van der Waals surface area contributed by atoms with Gasteiger partial charge in [-0.25, -0.2) is 0 Å². The van der Waals surface area contributed by atoms with Gasteiger partial charge in [-0.1, -0.05) is 12.2 Å². The van der Waals surface area contributed by atoms with Crippen LogP contribution in [0.2, 0.25) is 0 Å². The van der Waals surface area contributed by atoms with Crippen LogP contribution in [0.1, 0.15) is 29.6 Å². The van der Waals surface area contributed by atoms with E-state index in [2.05, 4.69) is 5.32 Å². The summed E-state index contributed by atoms with van der Waals surface area (Å²) in [6.45, 7) is 0.580. The lowest BCUT2D eigenvalue weighted by molar-refractivity contribution is 0.0950. The molecule has 0 atom stereocenters. The van der Waals surface area contributed by atoms with E-state index in [1.807, 2.05) is 0 Å². The molecule has 0 spiro atoms. The Balaban J connectivity index is 2.52. The number of unbranched alkanes of at least 4 members (excludes halogenated alkanes) is 1. The summed E-state index contributed by atoms with van der Waals surface area (Å²) < 4.78 is 10.3. The predicted octanol–water partition coefficient (Wildman–Crippen LogP) is 1.89. The Morgan fingerprint density at radius 3 is 2.65 bits per heavy atom. The summed E-state index contributed by atoms with van der Waals surface area (Å²) in [5.41, 5.74) is 5.90. The highest BCUT2D eigenvalue weighted by Crippen LogP contribution is 2.24. The highest BCUT2D eigenvalue weighted by atomic mass is 32.1. The zero-order valence-electron chi connectivity index (χ0n) is 11.8. The summed E-state index contributed by atoms with van der Waals surface area (Å²) in [5.74, 6) is 0.972. The van der Waals surface area contributed by atoms with Crippen molar-refractivity contribution < 1.29 is 14.3 Å². The van der Waals surface area contributed by atoms with E-state index in [0.717, 1.165) is 12.8 Å². The highest BCUT2D eigenvalue weighted by Gasteiger charge is 2.12. The fraction of sp³-hybridized carbons (Fsp3) is 0.429. The number of rotatable bonds is 8. The number of thiocarbonyl (C=S) groups is 1. The second-order valence-corrected chi connectivity index (χ2v) is 4.77. The predicted molar refractivity (Wildman–Crippen MR) is 82.5 cm³/mol. The van der Waals surface area contributed by atoms with Crippen LogP contribution < -0.4 is 20.5 Å². The van der Waals surface area contributed by atoms with Gasteiger partial charge in [0, 0.05) is 12.6 Å². The van der Waals surface area contributed by atoms with Crippen molar-refractivity contribution in [2.45, 2.75) is 19.3 Å². The van der Waals surface area contributed by atoms with Gasteiger partial charge in [-0.15, -0.1) is 0 Å². The lowest BCUT2D eigenvalue weighted by Gasteiger charge is -2.10. The first-order valence-corrected chi connectivity index (χ1v) is 6.78. The van der Waals surface area contributed by atoms with Gasteiger partial charge in [0.25, 0.3) is 5.91 Å².